The zero-order valence-corrected chi connectivity index (χ0v) is 15.6. The van der Waals surface area contributed by atoms with Crippen LogP contribution in [0.25, 0.3) is 0 Å². The van der Waals surface area contributed by atoms with E-state index in [-0.39, 0.29) is 5.91 Å². The quantitative estimate of drug-likeness (QED) is 0.865. The van der Waals surface area contributed by atoms with E-state index in [1.165, 1.54) is 12.0 Å². The third-order valence-electron chi connectivity index (χ3n) is 4.60. The number of amides is 1. The molecule has 0 aliphatic carbocycles. The lowest BCUT2D eigenvalue weighted by Crippen LogP contribution is -2.49. The maximum absolute atomic E-state index is 12.8. The summed E-state index contributed by atoms with van der Waals surface area (Å²) in [7, 11) is 0. The molecule has 0 spiro atoms. The van der Waals surface area contributed by atoms with Crippen LogP contribution in [0.2, 0.25) is 0 Å². The second kappa shape index (κ2) is 8.65. The lowest BCUT2D eigenvalue weighted by Gasteiger charge is -2.36. The minimum absolute atomic E-state index is 0.0213. The molecule has 6 nitrogen and oxygen atoms in total. The summed E-state index contributed by atoms with van der Waals surface area (Å²) in [4.78, 5) is 25.3. The summed E-state index contributed by atoms with van der Waals surface area (Å²) in [6, 6.07) is 12.1. The van der Waals surface area contributed by atoms with Crippen molar-refractivity contribution < 1.29 is 4.79 Å². The van der Waals surface area contributed by atoms with Gasteiger partial charge in [-0.25, -0.2) is 9.97 Å². The number of nitrogens with one attached hydrogen (secondary N) is 1. The number of para-hydroxylation sites is 1. The van der Waals surface area contributed by atoms with Crippen molar-refractivity contribution in [3.8, 4) is 0 Å². The molecule has 1 aromatic heterocycles. The van der Waals surface area contributed by atoms with Crippen molar-refractivity contribution >= 4 is 17.4 Å². The molecule has 6 heteroatoms. The van der Waals surface area contributed by atoms with Crippen molar-refractivity contribution in [3.05, 3.63) is 48.4 Å². The van der Waals surface area contributed by atoms with Crippen molar-refractivity contribution in [2.45, 2.75) is 20.3 Å². The highest BCUT2D eigenvalue weighted by atomic mass is 16.2. The molecule has 1 N–H and O–H groups in total. The highest BCUT2D eigenvalue weighted by molar-refractivity contribution is 5.93. The van der Waals surface area contributed by atoms with Gasteiger partial charge in [0.1, 0.15) is 17.8 Å². The first-order chi connectivity index (χ1) is 12.6. The van der Waals surface area contributed by atoms with E-state index >= 15 is 0 Å². The summed E-state index contributed by atoms with van der Waals surface area (Å²) in [6.07, 6.45) is 2.53. The predicted octanol–water partition coefficient (Wildman–Crippen LogP) is 2.90. The first kappa shape index (κ1) is 18.2. The number of hydrogen-bond donors (Lipinski definition) is 1. The fourth-order valence-electron chi connectivity index (χ4n) is 3.03. The molecule has 0 radical (unpaired) electrons. The second-order valence-corrected chi connectivity index (χ2v) is 7.01. The normalized spacial score (nSPS) is 14.6. The Balaban J connectivity index is 1.56. The first-order valence-electron chi connectivity index (χ1n) is 9.28. The van der Waals surface area contributed by atoms with Gasteiger partial charge < -0.3 is 15.1 Å². The van der Waals surface area contributed by atoms with Crippen molar-refractivity contribution in [2.75, 3.05) is 42.9 Å². The van der Waals surface area contributed by atoms with Crippen LogP contribution in [-0.2, 0) is 0 Å². The molecule has 2 heterocycles. The number of benzene rings is 1. The fourth-order valence-corrected chi connectivity index (χ4v) is 3.03. The molecule has 1 amide bonds. The lowest BCUT2D eigenvalue weighted by atomic mass is 10.1. The van der Waals surface area contributed by atoms with Crippen LogP contribution in [0.1, 0.15) is 30.8 Å². The van der Waals surface area contributed by atoms with Gasteiger partial charge >= 0.3 is 0 Å². The van der Waals surface area contributed by atoms with Gasteiger partial charge in [-0.15, -0.1) is 0 Å². The van der Waals surface area contributed by atoms with Crippen LogP contribution in [0.4, 0.5) is 11.5 Å². The molecule has 1 fully saturated rings. The van der Waals surface area contributed by atoms with Gasteiger partial charge in [-0.3, -0.25) is 4.79 Å². The summed E-state index contributed by atoms with van der Waals surface area (Å²) in [5.74, 6) is 1.32. The van der Waals surface area contributed by atoms with Crippen LogP contribution in [0.15, 0.2) is 42.7 Å². The SMILES string of the molecule is CC(C)CCNc1cc(C(=O)N2CCN(c3ccccc3)CC2)ncn1. The van der Waals surface area contributed by atoms with E-state index in [0.717, 1.165) is 26.1 Å². The van der Waals surface area contributed by atoms with Crippen molar-refractivity contribution in [1.29, 1.82) is 0 Å². The molecule has 138 valence electrons. The average Bonchev–Trinajstić information content (AvgIpc) is 2.68. The zero-order valence-electron chi connectivity index (χ0n) is 15.6. The topological polar surface area (TPSA) is 61.4 Å². The van der Waals surface area contributed by atoms with E-state index in [0.29, 0.717) is 30.5 Å². The largest absolute Gasteiger partial charge is 0.370 e. The van der Waals surface area contributed by atoms with E-state index in [9.17, 15) is 4.79 Å². The Bertz CT molecular complexity index is 711. The van der Waals surface area contributed by atoms with Gasteiger partial charge in [0.15, 0.2) is 0 Å². The van der Waals surface area contributed by atoms with Crippen LogP contribution >= 0.6 is 0 Å². The molecule has 3 rings (SSSR count). The monoisotopic (exact) mass is 353 g/mol. The third kappa shape index (κ3) is 4.71. The van der Waals surface area contributed by atoms with E-state index in [1.807, 2.05) is 23.1 Å². The van der Waals surface area contributed by atoms with Crippen LogP contribution < -0.4 is 10.2 Å². The number of aromatic nitrogens is 2. The summed E-state index contributed by atoms with van der Waals surface area (Å²) in [5, 5.41) is 3.27. The van der Waals surface area contributed by atoms with Crippen LogP contribution in [0.5, 0.6) is 0 Å². The number of nitrogens with zero attached hydrogens (tertiary/aromatic N) is 4. The number of carbonyl (C=O) groups excluding carboxylic acids is 1. The van der Waals surface area contributed by atoms with Gasteiger partial charge in [0.2, 0.25) is 0 Å². The van der Waals surface area contributed by atoms with Crippen molar-refractivity contribution in [1.82, 2.24) is 14.9 Å². The molecule has 0 unspecified atom stereocenters. The number of piperazine rings is 1. The summed E-state index contributed by atoms with van der Waals surface area (Å²) in [5.41, 5.74) is 1.67. The Labute approximate surface area is 155 Å². The highest BCUT2D eigenvalue weighted by Crippen LogP contribution is 2.17. The summed E-state index contributed by atoms with van der Waals surface area (Å²) < 4.78 is 0. The minimum Gasteiger partial charge on any atom is -0.370 e. The molecule has 2 aromatic rings. The van der Waals surface area contributed by atoms with Gasteiger partial charge in [-0.05, 0) is 24.5 Å². The Kier molecular flexibility index (Phi) is 6.04. The second-order valence-electron chi connectivity index (χ2n) is 7.01. The van der Waals surface area contributed by atoms with Crippen LogP contribution in [0.3, 0.4) is 0 Å². The Morgan fingerprint density at radius 2 is 1.85 bits per heavy atom. The number of rotatable bonds is 6. The standard InChI is InChI=1S/C20H27N5O/c1-16(2)8-9-21-19-14-18(22-15-23-19)20(26)25-12-10-24(11-13-25)17-6-4-3-5-7-17/h3-7,14-16H,8-13H2,1-2H3,(H,21,22,23). The summed E-state index contributed by atoms with van der Waals surface area (Å²) in [6.45, 7) is 8.29. The van der Waals surface area contributed by atoms with Gasteiger partial charge in [0, 0.05) is 44.5 Å². The zero-order chi connectivity index (χ0) is 18.4. The maximum Gasteiger partial charge on any atom is 0.272 e. The van der Waals surface area contributed by atoms with E-state index in [4.69, 9.17) is 0 Å². The number of carbonyl (C=O) groups is 1. The predicted molar refractivity (Wildman–Crippen MR) is 105 cm³/mol. The van der Waals surface area contributed by atoms with Gasteiger partial charge in [0.25, 0.3) is 5.91 Å². The molecule has 0 bridgehead atoms. The third-order valence-corrected chi connectivity index (χ3v) is 4.60. The molecule has 1 aromatic carbocycles. The van der Waals surface area contributed by atoms with Gasteiger partial charge in [0.05, 0.1) is 0 Å². The van der Waals surface area contributed by atoms with Crippen LogP contribution in [-0.4, -0.2) is 53.5 Å². The van der Waals surface area contributed by atoms with E-state index in [2.05, 4.69) is 46.2 Å². The van der Waals surface area contributed by atoms with Gasteiger partial charge in [-0.1, -0.05) is 32.0 Å². The number of anilines is 2. The maximum atomic E-state index is 12.8. The van der Waals surface area contributed by atoms with Crippen molar-refractivity contribution in [2.24, 2.45) is 5.92 Å². The summed E-state index contributed by atoms with van der Waals surface area (Å²) >= 11 is 0. The van der Waals surface area contributed by atoms with Crippen molar-refractivity contribution in [3.63, 3.8) is 0 Å². The van der Waals surface area contributed by atoms with E-state index < -0.39 is 0 Å². The smallest absolute Gasteiger partial charge is 0.272 e. The Hall–Kier alpha value is -2.63. The molecule has 1 aliphatic heterocycles. The Morgan fingerprint density at radius 1 is 1.12 bits per heavy atom. The van der Waals surface area contributed by atoms with Gasteiger partial charge in [-0.2, -0.15) is 0 Å². The highest BCUT2D eigenvalue weighted by Gasteiger charge is 2.23. The van der Waals surface area contributed by atoms with E-state index in [1.54, 1.807) is 6.07 Å². The van der Waals surface area contributed by atoms with Crippen LogP contribution in [0, 0.1) is 5.92 Å². The Morgan fingerprint density at radius 3 is 2.54 bits per heavy atom. The average molecular weight is 353 g/mol. The number of hydrogen-bond acceptors (Lipinski definition) is 5. The fraction of sp³-hybridized carbons (Fsp3) is 0.450. The molecular weight excluding hydrogens is 326 g/mol. The molecular formula is C20H27N5O. The molecule has 1 aliphatic rings. The molecule has 1 saturated heterocycles. The lowest BCUT2D eigenvalue weighted by molar-refractivity contribution is 0.0740. The first-order valence-corrected chi connectivity index (χ1v) is 9.28. The molecule has 26 heavy (non-hydrogen) atoms. The molecule has 0 saturated carbocycles. The minimum atomic E-state index is -0.0213. The molecule has 0 atom stereocenters.